The third-order valence-electron chi connectivity index (χ3n) is 3.73. The first-order valence-corrected chi connectivity index (χ1v) is 8.43. The van der Waals surface area contributed by atoms with Gasteiger partial charge >= 0.3 is 7.12 Å². The lowest BCUT2D eigenvalue weighted by Gasteiger charge is -2.32. The van der Waals surface area contributed by atoms with Crippen LogP contribution in [0.4, 0.5) is 0 Å². The fourth-order valence-corrected chi connectivity index (χ4v) is 3.45. The largest absolute Gasteiger partial charge is 0.515 e. The molecule has 0 N–H and O–H groups in total. The van der Waals surface area contributed by atoms with Crippen molar-refractivity contribution < 1.29 is 17.7 Å². The molecular weight excluding hydrogens is 300 g/mol. The number of hydrogen-bond acceptors (Lipinski definition) is 5. The second kappa shape index (κ2) is 4.69. The summed E-state index contributed by atoms with van der Waals surface area (Å²) >= 11 is 6.00. The Bertz CT molecular complexity index is 629. The molecule has 0 amide bonds. The number of aromatic nitrogens is 1. The van der Waals surface area contributed by atoms with Crippen LogP contribution in [0.5, 0.6) is 0 Å². The summed E-state index contributed by atoms with van der Waals surface area (Å²) < 4.78 is 35.5. The first-order valence-electron chi connectivity index (χ1n) is 6.16. The van der Waals surface area contributed by atoms with Crippen LogP contribution in [0.25, 0.3) is 0 Å². The quantitative estimate of drug-likeness (QED) is 0.772. The second-order valence-corrected chi connectivity index (χ2v) is 8.23. The van der Waals surface area contributed by atoms with Crippen molar-refractivity contribution in [2.24, 2.45) is 0 Å². The van der Waals surface area contributed by atoms with Crippen LogP contribution in [0, 0.1) is 0 Å². The van der Waals surface area contributed by atoms with Crippen molar-refractivity contribution in [1.82, 2.24) is 4.98 Å². The van der Waals surface area contributed by atoms with Gasteiger partial charge in [0.2, 0.25) is 0 Å². The van der Waals surface area contributed by atoms with E-state index in [9.17, 15) is 8.42 Å². The Hall–Kier alpha value is -0.625. The Morgan fingerprint density at radius 1 is 1.20 bits per heavy atom. The van der Waals surface area contributed by atoms with E-state index in [0.29, 0.717) is 0 Å². The SMILES string of the molecule is CC1(C)OB(c2nccc(Cl)c2S(C)(=O)=O)OC1(C)C. The lowest BCUT2D eigenvalue weighted by Crippen LogP contribution is -2.41. The number of hydrogen-bond donors (Lipinski definition) is 0. The molecule has 2 heterocycles. The normalized spacial score (nSPS) is 21.2. The molecule has 8 heteroatoms. The monoisotopic (exact) mass is 317 g/mol. The zero-order valence-electron chi connectivity index (χ0n) is 12.1. The number of sulfone groups is 1. The van der Waals surface area contributed by atoms with Gasteiger partial charge in [0.05, 0.1) is 21.8 Å². The maximum Gasteiger partial charge on any atom is 0.515 e. The maximum absolute atomic E-state index is 11.9. The van der Waals surface area contributed by atoms with E-state index >= 15 is 0 Å². The molecule has 1 aromatic heterocycles. The molecule has 1 aromatic rings. The molecule has 0 bridgehead atoms. The summed E-state index contributed by atoms with van der Waals surface area (Å²) in [5, 5.41) is 0.118. The summed E-state index contributed by atoms with van der Waals surface area (Å²) in [5.74, 6) is 0. The highest BCUT2D eigenvalue weighted by molar-refractivity contribution is 7.91. The van der Waals surface area contributed by atoms with Gasteiger partial charge in [-0.3, -0.25) is 4.98 Å². The van der Waals surface area contributed by atoms with Gasteiger partial charge in [-0.25, -0.2) is 8.42 Å². The van der Waals surface area contributed by atoms with Crippen LogP contribution in [0.15, 0.2) is 17.2 Å². The van der Waals surface area contributed by atoms with Crippen molar-refractivity contribution in [1.29, 1.82) is 0 Å². The first-order chi connectivity index (χ1) is 8.96. The minimum absolute atomic E-state index is 0.0415. The first kappa shape index (κ1) is 15.8. The molecule has 1 fully saturated rings. The van der Waals surface area contributed by atoms with Crippen LogP contribution in [0.1, 0.15) is 27.7 Å². The van der Waals surface area contributed by atoms with Gasteiger partial charge in [-0.2, -0.15) is 0 Å². The molecular formula is C12H17BClNO4S. The molecule has 0 aromatic carbocycles. The van der Waals surface area contributed by atoms with Crippen molar-refractivity contribution in [2.75, 3.05) is 6.26 Å². The van der Waals surface area contributed by atoms with E-state index in [1.165, 1.54) is 12.3 Å². The summed E-state index contributed by atoms with van der Waals surface area (Å²) in [6, 6.07) is 1.44. The smallest absolute Gasteiger partial charge is 0.398 e. The lowest BCUT2D eigenvalue weighted by atomic mass is 9.84. The van der Waals surface area contributed by atoms with Gasteiger partial charge in [0, 0.05) is 12.5 Å². The van der Waals surface area contributed by atoms with Gasteiger partial charge in [-0.1, -0.05) is 11.6 Å². The Kier molecular flexibility index (Phi) is 3.70. The van der Waals surface area contributed by atoms with E-state index in [4.69, 9.17) is 20.9 Å². The van der Waals surface area contributed by atoms with Crippen LogP contribution in [-0.2, 0) is 19.1 Å². The Labute approximate surface area is 124 Å². The number of rotatable bonds is 2. The Morgan fingerprint density at radius 3 is 2.15 bits per heavy atom. The minimum atomic E-state index is -3.53. The van der Waals surface area contributed by atoms with Crippen molar-refractivity contribution in [3.05, 3.63) is 17.3 Å². The summed E-state index contributed by atoms with van der Waals surface area (Å²) in [6.45, 7) is 7.55. The van der Waals surface area contributed by atoms with E-state index in [1.807, 2.05) is 27.7 Å². The third kappa shape index (κ3) is 2.59. The van der Waals surface area contributed by atoms with E-state index in [0.717, 1.165) is 6.26 Å². The van der Waals surface area contributed by atoms with Crippen LogP contribution in [0.3, 0.4) is 0 Å². The van der Waals surface area contributed by atoms with Gasteiger partial charge < -0.3 is 9.31 Å². The summed E-state index contributed by atoms with van der Waals surface area (Å²) in [7, 11) is -4.39. The molecule has 0 spiro atoms. The number of pyridine rings is 1. The van der Waals surface area contributed by atoms with Crippen molar-refractivity contribution in [2.45, 2.75) is 43.8 Å². The molecule has 0 aliphatic carbocycles. The molecule has 0 saturated carbocycles. The van der Waals surface area contributed by atoms with E-state index in [1.54, 1.807) is 0 Å². The van der Waals surface area contributed by atoms with E-state index in [2.05, 4.69) is 4.98 Å². The van der Waals surface area contributed by atoms with Gasteiger partial charge in [-0.05, 0) is 33.8 Å². The molecule has 1 saturated heterocycles. The van der Waals surface area contributed by atoms with Crippen LogP contribution in [-0.4, -0.2) is 38.0 Å². The zero-order chi connectivity index (χ0) is 15.3. The molecule has 0 atom stereocenters. The number of halogens is 1. The Morgan fingerprint density at radius 2 is 1.70 bits per heavy atom. The van der Waals surface area contributed by atoms with Gasteiger partial charge in [0.25, 0.3) is 0 Å². The molecule has 2 rings (SSSR count). The van der Waals surface area contributed by atoms with Crippen molar-refractivity contribution in [3.63, 3.8) is 0 Å². The average molecular weight is 318 g/mol. The average Bonchev–Trinajstić information content (AvgIpc) is 2.46. The summed E-state index contributed by atoms with van der Waals surface area (Å²) in [6.07, 6.45) is 2.53. The predicted molar refractivity (Wildman–Crippen MR) is 78.1 cm³/mol. The Balaban J connectivity index is 2.55. The second-order valence-electron chi connectivity index (χ2n) is 5.87. The molecule has 20 heavy (non-hydrogen) atoms. The third-order valence-corrected chi connectivity index (χ3v) is 5.33. The maximum atomic E-state index is 11.9. The predicted octanol–water partition coefficient (Wildman–Crippen LogP) is 1.44. The molecule has 5 nitrogen and oxygen atoms in total. The van der Waals surface area contributed by atoms with Crippen molar-refractivity contribution >= 4 is 34.1 Å². The fourth-order valence-electron chi connectivity index (χ4n) is 1.93. The number of nitrogens with zero attached hydrogens (tertiary/aromatic N) is 1. The van der Waals surface area contributed by atoms with Gasteiger partial charge in [-0.15, -0.1) is 0 Å². The molecule has 1 aliphatic heterocycles. The van der Waals surface area contributed by atoms with Gasteiger partial charge in [0.15, 0.2) is 9.84 Å². The molecule has 1 aliphatic rings. The van der Waals surface area contributed by atoms with Crippen LogP contribution < -0.4 is 5.59 Å². The standard InChI is InChI=1S/C12H17BClNO4S/c1-11(2)12(3,4)19-13(18-11)10-9(20(5,16)17)8(14)6-7-15-10/h6-7H,1-5H3. The van der Waals surface area contributed by atoms with Gasteiger partial charge in [0.1, 0.15) is 4.90 Å². The van der Waals surface area contributed by atoms with Crippen molar-refractivity contribution in [3.8, 4) is 0 Å². The molecule has 0 radical (unpaired) electrons. The highest BCUT2D eigenvalue weighted by atomic mass is 35.5. The van der Waals surface area contributed by atoms with Crippen LogP contribution >= 0.6 is 11.6 Å². The molecule has 0 unspecified atom stereocenters. The summed E-state index contributed by atoms with van der Waals surface area (Å²) in [4.78, 5) is 4.06. The molecule has 110 valence electrons. The van der Waals surface area contributed by atoms with Crippen LogP contribution in [0.2, 0.25) is 5.02 Å². The van der Waals surface area contributed by atoms with E-state index < -0.39 is 28.2 Å². The lowest BCUT2D eigenvalue weighted by molar-refractivity contribution is 0.00578. The highest BCUT2D eigenvalue weighted by Crippen LogP contribution is 2.37. The topological polar surface area (TPSA) is 65.5 Å². The minimum Gasteiger partial charge on any atom is -0.398 e. The highest BCUT2D eigenvalue weighted by Gasteiger charge is 2.53. The fraction of sp³-hybridized carbons (Fsp3) is 0.583. The summed E-state index contributed by atoms with van der Waals surface area (Å²) in [5.41, 5.74) is -0.953. The zero-order valence-corrected chi connectivity index (χ0v) is 13.7. The van der Waals surface area contributed by atoms with E-state index in [-0.39, 0.29) is 15.5 Å².